The first-order chi connectivity index (χ1) is 7.19. The SMILES string of the molecule is C/N=C(\SC)N(C)Cc1cccnc1Cl. The lowest BCUT2D eigenvalue weighted by atomic mass is 10.3. The zero-order valence-corrected chi connectivity index (χ0v) is 10.6. The quantitative estimate of drug-likeness (QED) is 0.454. The van der Waals surface area contributed by atoms with Crippen LogP contribution in [0.3, 0.4) is 0 Å². The Kier molecular flexibility index (Phi) is 4.91. The highest BCUT2D eigenvalue weighted by Gasteiger charge is 2.07. The fourth-order valence-electron chi connectivity index (χ4n) is 1.28. The molecular weight excluding hydrogens is 230 g/mol. The van der Waals surface area contributed by atoms with Crippen LogP contribution in [0.15, 0.2) is 23.3 Å². The Morgan fingerprint density at radius 1 is 1.67 bits per heavy atom. The summed E-state index contributed by atoms with van der Waals surface area (Å²) in [6.07, 6.45) is 3.69. The zero-order chi connectivity index (χ0) is 11.3. The van der Waals surface area contributed by atoms with Crippen LogP contribution < -0.4 is 0 Å². The number of halogens is 1. The third-order valence-electron chi connectivity index (χ3n) is 1.94. The highest BCUT2D eigenvalue weighted by Crippen LogP contribution is 2.15. The molecule has 0 saturated heterocycles. The van der Waals surface area contributed by atoms with Crippen molar-refractivity contribution in [1.29, 1.82) is 0 Å². The van der Waals surface area contributed by atoms with Crippen molar-refractivity contribution in [3.63, 3.8) is 0 Å². The molecule has 0 radical (unpaired) electrons. The van der Waals surface area contributed by atoms with Gasteiger partial charge >= 0.3 is 0 Å². The van der Waals surface area contributed by atoms with Gasteiger partial charge in [0.05, 0.1) is 0 Å². The molecule has 0 amide bonds. The second-order valence-corrected chi connectivity index (χ2v) is 4.15. The normalized spacial score (nSPS) is 11.6. The Morgan fingerprint density at radius 3 is 2.93 bits per heavy atom. The van der Waals surface area contributed by atoms with E-state index in [9.17, 15) is 0 Å². The summed E-state index contributed by atoms with van der Waals surface area (Å²) >= 11 is 7.59. The van der Waals surface area contributed by atoms with E-state index >= 15 is 0 Å². The van der Waals surface area contributed by atoms with Crippen LogP contribution in [0.4, 0.5) is 0 Å². The average Bonchev–Trinajstić information content (AvgIpc) is 2.23. The molecule has 15 heavy (non-hydrogen) atoms. The van der Waals surface area contributed by atoms with Gasteiger partial charge in [0.15, 0.2) is 5.17 Å². The Balaban J connectivity index is 2.74. The summed E-state index contributed by atoms with van der Waals surface area (Å²) in [5.41, 5.74) is 1.01. The predicted molar refractivity (Wildman–Crippen MR) is 67.6 cm³/mol. The lowest BCUT2D eigenvalue weighted by Crippen LogP contribution is -2.23. The predicted octanol–water partition coefficient (Wildman–Crippen LogP) is 2.52. The van der Waals surface area contributed by atoms with Gasteiger partial charge in [-0.05, 0) is 12.3 Å². The number of hydrogen-bond acceptors (Lipinski definition) is 3. The number of aromatic nitrogens is 1. The van der Waals surface area contributed by atoms with Crippen molar-refractivity contribution in [1.82, 2.24) is 9.88 Å². The van der Waals surface area contributed by atoms with E-state index in [4.69, 9.17) is 11.6 Å². The third-order valence-corrected chi connectivity index (χ3v) is 3.14. The number of pyridine rings is 1. The second kappa shape index (κ2) is 5.98. The smallest absolute Gasteiger partial charge is 0.158 e. The van der Waals surface area contributed by atoms with Crippen molar-refractivity contribution in [2.75, 3.05) is 20.4 Å². The molecule has 0 spiro atoms. The Hall–Kier alpha value is -0.740. The number of aliphatic imine (C=N–C) groups is 1. The molecule has 0 aliphatic heterocycles. The number of thioether (sulfide) groups is 1. The lowest BCUT2D eigenvalue weighted by Gasteiger charge is -2.19. The summed E-state index contributed by atoms with van der Waals surface area (Å²) < 4.78 is 0. The molecule has 0 N–H and O–H groups in total. The van der Waals surface area contributed by atoms with Crippen LogP contribution in [-0.2, 0) is 6.54 Å². The van der Waals surface area contributed by atoms with Crippen molar-refractivity contribution < 1.29 is 0 Å². The summed E-state index contributed by atoms with van der Waals surface area (Å²) in [7, 11) is 3.77. The first kappa shape index (κ1) is 12.3. The molecule has 0 fully saturated rings. The molecule has 1 aromatic heterocycles. The molecule has 1 aromatic rings. The minimum absolute atomic E-state index is 0.556. The van der Waals surface area contributed by atoms with E-state index in [1.807, 2.05) is 30.3 Å². The summed E-state index contributed by atoms with van der Waals surface area (Å²) in [6.45, 7) is 0.722. The second-order valence-electron chi connectivity index (χ2n) is 3.02. The van der Waals surface area contributed by atoms with Crippen molar-refractivity contribution in [3.8, 4) is 0 Å². The van der Waals surface area contributed by atoms with Gasteiger partial charge in [-0.15, -0.1) is 0 Å². The fraction of sp³-hybridized carbons (Fsp3) is 0.400. The monoisotopic (exact) mass is 243 g/mol. The van der Waals surface area contributed by atoms with Crippen molar-refractivity contribution >= 4 is 28.5 Å². The highest BCUT2D eigenvalue weighted by atomic mass is 35.5. The first-order valence-corrected chi connectivity index (χ1v) is 6.10. The van der Waals surface area contributed by atoms with Gasteiger partial charge < -0.3 is 4.90 Å². The van der Waals surface area contributed by atoms with Crippen LogP contribution in [0.5, 0.6) is 0 Å². The van der Waals surface area contributed by atoms with Crippen molar-refractivity contribution in [2.24, 2.45) is 4.99 Å². The van der Waals surface area contributed by atoms with Crippen molar-refractivity contribution in [2.45, 2.75) is 6.54 Å². The summed E-state index contributed by atoms with van der Waals surface area (Å²) in [5, 5.41) is 1.54. The van der Waals surface area contributed by atoms with Crippen LogP contribution >= 0.6 is 23.4 Å². The highest BCUT2D eigenvalue weighted by molar-refractivity contribution is 8.13. The van der Waals surface area contributed by atoms with E-state index in [0.29, 0.717) is 5.15 Å². The van der Waals surface area contributed by atoms with E-state index in [2.05, 4.69) is 9.98 Å². The van der Waals surface area contributed by atoms with Crippen LogP contribution in [0.2, 0.25) is 5.15 Å². The van der Waals surface area contributed by atoms with Crippen molar-refractivity contribution in [3.05, 3.63) is 29.0 Å². The van der Waals surface area contributed by atoms with Gasteiger partial charge in [-0.2, -0.15) is 0 Å². The number of hydrogen-bond donors (Lipinski definition) is 0. The molecule has 82 valence electrons. The zero-order valence-electron chi connectivity index (χ0n) is 9.07. The molecule has 0 aliphatic carbocycles. The maximum atomic E-state index is 5.97. The van der Waals surface area contributed by atoms with Gasteiger partial charge in [-0.25, -0.2) is 4.98 Å². The van der Waals surface area contributed by atoms with Crippen LogP contribution in [-0.4, -0.2) is 35.4 Å². The molecule has 1 rings (SSSR count). The average molecular weight is 244 g/mol. The fourth-order valence-corrected chi connectivity index (χ4v) is 2.02. The summed E-state index contributed by atoms with van der Waals surface area (Å²) in [6, 6.07) is 3.86. The Labute approximate surface area is 99.6 Å². The summed E-state index contributed by atoms with van der Waals surface area (Å²) in [5.74, 6) is 0. The minimum Gasteiger partial charge on any atom is -0.350 e. The molecule has 0 aliphatic rings. The van der Waals surface area contributed by atoms with Gasteiger partial charge in [0.1, 0.15) is 5.15 Å². The molecular formula is C10H14ClN3S. The van der Waals surface area contributed by atoms with Crippen LogP contribution in [0, 0.1) is 0 Å². The van der Waals surface area contributed by atoms with E-state index < -0.39 is 0 Å². The van der Waals surface area contributed by atoms with E-state index in [-0.39, 0.29) is 0 Å². The number of rotatable bonds is 2. The van der Waals surface area contributed by atoms with Gasteiger partial charge in [0.2, 0.25) is 0 Å². The molecule has 5 heteroatoms. The maximum Gasteiger partial charge on any atom is 0.158 e. The molecule has 0 bridgehead atoms. The van der Waals surface area contributed by atoms with E-state index in [1.54, 1.807) is 25.0 Å². The number of amidine groups is 1. The molecule has 3 nitrogen and oxygen atoms in total. The lowest BCUT2D eigenvalue weighted by molar-refractivity contribution is 0.509. The van der Waals surface area contributed by atoms with E-state index in [0.717, 1.165) is 17.3 Å². The maximum absolute atomic E-state index is 5.97. The molecule has 0 unspecified atom stereocenters. The molecule has 0 aromatic carbocycles. The van der Waals surface area contributed by atoms with Crippen LogP contribution in [0.1, 0.15) is 5.56 Å². The molecule has 0 atom stereocenters. The Morgan fingerprint density at radius 2 is 2.40 bits per heavy atom. The summed E-state index contributed by atoms with van der Waals surface area (Å²) in [4.78, 5) is 10.3. The molecule has 1 heterocycles. The van der Waals surface area contributed by atoms with Gasteiger partial charge in [-0.3, -0.25) is 4.99 Å². The molecule has 0 saturated carbocycles. The van der Waals surface area contributed by atoms with Gasteiger partial charge in [0, 0.05) is 32.4 Å². The Bertz CT molecular complexity index is 354. The minimum atomic E-state index is 0.556. The standard InChI is InChI=1S/C10H14ClN3S/c1-12-10(15-3)14(2)7-8-5-4-6-13-9(8)11/h4-6H,7H2,1-3H3/b12-10-. The van der Waals surface area contributed by atoms with Gasteiger partial charge in [-0.1, -0.05) is 29.4 Å². The number of nitrogens with zero attached hydrogens (tertiary/aromatic N) is 3. The largest absolute Gasteiger partial charge is 0.350 e. The first-order valence-electron chi connectivity index (χ1n) is 4.50. The topological polar surface area (TPSA) is 28.5 Å². The van der Waals surface area contributed by atoms with Crippen LogP contribution in [0.25, 0.3) is 0 Å². The van der Waals surface area contributed by atoms with E-state index in [1.165, 1.54) is 0 Å². The van der Waals surface area contributed by atoms with Gasteiger partial charge in [0.25, 0.3) is 0 Å². The third kappa shape index (κ3) is 3.39.